The smallest absolute Gasteiger partial charge is 0.240 e. The number of ether oxygens (including phenoxy) is 1. The minimum atomic E-state index is -3.65. The number of hydrogen-bond acceptors (Lipinski definition) is 4. The van der Waals surface area contributed by atoms with Crippen LogP contribution >= 0.6 is 0 Å². The maximum absolute atomic E-state index is 12.4. The maximum atomic E-state index is 12.4. The van der Waals surface area contributed by atoms with E-state index in [0.29, 0.717) is 11.3 Å². The Morgan fingerprint density at radius 1 is 1.12 bits per heavy atom. The number of rotatable bonds is 6. The molecule has 0 saturated heterocycles. The first-order valence-corrected chi connectivity index (χ1v) is 9.88. The summed E-state index contributed by atoms with van der Waals surface area (Å²) in [4.78, 5) is 11.5. The van der Waals surface area contributed by atoms with Crippen LogP contribution in [0, 0.1) is 20.8 Å². The van der Waals surface area contributed by atoms with E-state index < -0.39 is 10.0 Å². The van der Waals surface area contributed by atoms with Gasteiger partial charge >= 0.3 is 0 Å². The van der Waals surface area contributed by atoms with Crippen molar-refractivity contribution >= 4 is 21.6 Å². The van der Waals surface area contributed by atoms with Crippen LogP contribution in [-0.2, 0) is 21.2 Å². The lowest BCUT2D eigenvalue weighted by Crippen LogP contribution is -2.28. The summed E-state index contributed by atoms with van der Waals surface area (Å²) in [5.41, 5.74) is 4.59. The molecule has 26 heavy (non-hydrogen) atoms. The van der Waals surface area contributed by atoms with Crippen LogP contribution in [0.5, 0.6) is 5.75 Å². The van der Waals surface area contributed by atoms with Crippen LogP contribution in [-0.4, -0.2) is 27.5 Å². The summed E-state index contributed by atoms with van der Waals surface area (Å²) in [6.45, 7) is 6.36. The van der Waals surface area contributed by atoms with Crippen molar-refractivity contribution in [3.63, 3.8) is 0 Å². The fourth-order valence-corrected chi connectivity index (χ4v) is 4.24. The Kier molecular flexibility index (Phi) is 5.02. The normalized spacial score (nSPS) is 13.4. The Bertz CT molecular complexity index is 944. The highest BCUT2D eigenvalue weighted by molar-refractivity contribution is 7.89. The molecule has 1 aliphatic rings. The topological polar surface area (TPSA) is 84.5 Å². The molecule has 1 aliphatic heterocycles. The lowest BCUT2D eigenvalue weighted by atomic mass is 10.1. The van der Waals surface area contributed by atoms with Gasteiger partial charge in [0.25, 0.3) is 0 Å². The number of sulfonamides is 1. The van der Waals surface area contributed by atoms with Crippen molar-refractivity contribution in [1.82, 2.24) is 4.72 Å². The van der Waals surface area contributed by atoms with Crippen molar-refractivity contribution < 1.29 is 17.9 Å². The second-order valence-electron chi connectivity index (χ2n) is 6.52. The van der Waals surface area contributed by atoms with Gasteiger partial charge in [-0.25, -0.2) is 13.1 Å². The molecule has 1 heterocycles. The zero-order chi connectivity index (χ0) is 18.9. The standard InChI is InChI=1S/C19H22N2O4S/c1-12-8-13(2)19(14(3)9-12)25-7-6-20-26(23,24)16-4-5-17-15(10-16)11-18(22)21-17/h4-5,8-10,20H,6-7,11H2,1-3H3,(H,21,22). The van der Waals surface area contributed by atoms with E-state index in [2.05, 4.69) is 10.0 Å². The largest absolute Gasteiger partial charge is 0.492 e. The highest BCUT2D eigenvalue weighted by atomic mass is 32.2. The molecule has 1 amide bonds. The molecule has 0 aromatic heterocycles. The summed E-state index contributed by atoms with van der Waals surface area (Å²) in [6.07, 6.45) is 0.202. The lowest BCUT2D eigenvalue weighted by Gasteiger charge is -2.14. The third kappa shape index (κ3) is 3.89. The molecule has 0 bridgehead atoms. The molecule has 6 nitrogen and oxygen atoms in total. The van der Waals surface area contributed by atoms with Gasteiger partial charge in [-0.15, -0.1) is 0 Å². The molecule has 0 fully saturated rings. The number of carbonyl (C=O) groups is 1. The SMILES string of the molecule is Cc1cc(C)c(OCCNS(=O)(=O)c2ccc3c(c2)CC(=O)N3)c(C)c1. The average molecular weight is 374 g/mol. The van der Waals surface area contributed by atoms with Gasteiger partial charge in [0, 0.05) is 12.2 Å². The first-order chi connectivity index (χ1) is 12.3. The second kappa shape index (κ2) is 7.09. The minimum Gasteiger partial charge on any atom is -0.492 e. The molecule has 0 unspecified atom stereocenters. The number of nitrogens with one attached hydrogen (secondary N) is 2. The third-order valence-corrected chi connectivity index (χ3v) is 5.72. The predicted molar refractivity (Wildman–Crippen MR) is 100 cm³/mol. The molecule has 0 aliphatic carbocycles. The number of benzene rings is 2. The number of hydrogen-bond donors (Lipinski definition) is 2. The number of carbonyl (C=O) groups excluding carboxylic acids is 1. The Morgan fingerprint density at radius 3 is 2.50 bits per heavy atom. The minimum absolute atomic E-state index is 0.125. The molecule has 0 radical (unpaired) electrons. The van der Waals surface area contributed by atoms with E-state index in [1.54, 1.807) is 6.07 Å². The summed E-state index contributed by atoms with van der Waals surface area (Å²) in [6, 6.07) is 8.70. The van der Waals surface area contributed by atoms with Crippen molar-refractivity contribution in [2.24, 2.45) is 0 Å². The van der Waals surface area contributed by atoms with Crippen LogP contribution in [0.4, 0.5) is 5.69 Å². The number of aryl methyl sites for hydroxylation is 3. The average Bonchev–Trinajstić information content (AvgIpc) is 2.92. The van der Waals surface area contributed by atoms with Crippen LogP contribution in [0.2, 0.25) is 0 Å². The van der Waals surface area contributed by atoms with Gasteiger partial charge in [-0.1, -0.05) is 17.7 Å². The summed E-state index contributed by atoms with van der Waals surface area (Å²) in [7, 11) is -3.65. The Hall–Kier alpha value is -2.38. The van der Waals surface area contributed by atoms with E-state index >= 15 is 0 Å². The van der Waals surface area contributed by atoms with Gasteiger partial charge in [0.15, 0.2) is 0 Å². The van der Waals surface area contributed by atoms with Crippen LogP contribution in [0.15, 0.2) is 35.2 Å². The molecule has 3 rings (SSSR count). The molecule has 0 atom stereocenters. The van der Waals surface area contributed by atoms with E-state index in [1.165, 1.54) is 12.1 Å². The van der Waals surface area contributed by atoms with E-state index in [-0.39, 0.29) is 30.4 Å². The fourth-order valence-electron chi connectivity index (χ4n) is 3.18. The number of fused-ring (bicyclic) bond motifs is 1. The molecule has 0 saturated carbocycles. The monoisotopic (exact) mass is 374 g/mol. The van der Waals surface area contributed by atoms with Gasteiger partial charge in [-0.3, -0.25) is 4.79 Å². The Morgan fingerprint density at radius 2 is 1.81 bits per heavy atom. The van der Waals surface area contributed by atoms with Crippen molar-refractivity contribution in [3.8, 4) is 5.75 Å². The molecule has 2 N–H and O–H groups in total. The lowest BCUT2D eigenvalue weighted by molar-refractivity contribution is -0.115. The van der Waals surface area contributed by atoms with Crippen molar-refractivity contribution in [1.29, 1.82) is 0 Å². The van der Waals surface area contributed by atoms with E-state index in [1.807, 2.05) is 32.9 Å². The summed E-state index contributed by atoms with van der Waals surface area (Å²) < 4.78 is 33.2. The second-order valence-corrected chi connectivity index (χ2v) is 8.28. The van der Waals surface area contributed by atoms with Crippen molar-refractivity contribution in [3.05, 3.63) is 52.6 Å². The van der Waals surface area contributed by atoms with Gasteiger partial charge in [0.1, 0.15) is 12.4 Å². The highest BCUT2D eigenvalue weighted by Gasteiger charge is 2.21. The molecule has 7 heteroatoms. The number of anilines is 1. The first kappa shape index (κ1) is 18.4. The third-order valence-electron chi connectivity index (χ3n) is 4.26. The van der Waals surface area contributed by atoms with Gasteiger partial charge < -0.3 is 10.1 Å². The van der Waals surface area contributed by atoms with Crippen LogP contribution in [0.25, 0.3) is 0 Å². The van der Waals surface area contributed by atoms with Crippen molar-refractivity contribution in [2.75, 3.05) is 18.5 Å². The summed E-state index contributed by atoms with van der Waals surface area (Å²) in [5, 5.41) is 2.69. The summed E-state index contributed by atoms with van der Waals surface area (Å²) >= 11 is 0. The van der Waals surface area contributed by atoms with E-state index in [0.717, 1.165) is 22.4 Å². The molecular weight excluding hydrogens is 352 g/mol. The molecule has 2 aromatic rings. The van der Waals surface area contributed by atoms with Gasteiger partial charge in [-0.05, 0) is 55.7 Å². The molecular formula is C19H22N2O4S. The Balaban J connectivity index is 1.61. The predicted octanol–water partition coefficient (Wildman–Crippen LogP) is 2.46. The molecule has 138 valence electrons. The number of amides is 1. The van der Waals surface area contributed by atoms with E-state index in [4.69, 9.17) is 4.74 Å². The van der Waals surface area contributed by atoms with Crippen LogP contribution in [0.3, 0.4) is 0 Å². The molecule has 0 spiro atoms. The maximum Gasteiger partial charge on any atom is 0.240 e. The first-order valence-electron chi connectivity index (χ1n) is 8.39. The van der Waals surface area contributed by atoms with Gasteiger partial charge in [0.05, 0.1) is 11.3 Å². The fraction of sp³-hybridized carbons (Fsp3) is 0.316. The van der Waals surface area contributed by atoms with Gasteiger partial charge in [-0.2, -0.15) is 0 Å². The zero-order valence-electron chi connectivity index (χ0n) is 15.0. The van der Waals surface area contributed by atoms with E-state index in [9.17, 15) is 13.2 Å². The summed E-state index contributed by atoms with van der Waals surface area (Å²) in [5.74, 6) is 0.664. The van der Waals surface area contributed by atoms with Gasteiger partial charge in [0.2, 0.25) is 15.9 Å². The zero-order valence-corrected chi connectivity index (χ0v) is 15.9. The van der Waals surface area contributed by atoms with Crippen LogP contribution in [0.1, 0.15) is 22.3 Å². The Labute approximate surface area is 153 Å². The van der Waals surface area contributed by atoms with Crippen LogP contribution < -0.4 is 14.8 Å². The highest BCUT2D eigenvalue weighted by Crippen LogP contribution is 2.26. The van der Waals surface area contributed by atoms with Crippen molar-refractivity contribution in [2.45, 2.75) is 32.1 Å². The molecule has 2 aromatic carbocycles. The quantitative estimate of drug-likeness (QED) is 0.761.